The fourth-order valence-electron chi connectivity index (χ4n) is 0.320. The summed E-state index contributed by atoms with van der Waals surface area (Å²) >= 11 is 0. The number of rotatable bonds is 1. The second-order valence-corrected chi connectivity index (χ2v) is 1.55. The van der Waals surface area contributed by atoms with Gasteiger partial charge >= 0.3 is 0 Å². The van der Waals surface area contributed by atoms with E-state index in [9.17, 15) is 4.79 Å². The van der Waals surface area contributed by atoms with Gasteiger partial charge in [-0.15, -0.1) is 5.73 Å². The molecule has 0 unspecified atom stereocenters. The van der Waals surface area contributed by atoms with Crippen molar-refractivity contribution in [2.75, 3.05) is 0 Å². The third-order valence-electron chi connectivity index (χ3n) is 0.702. The molecule has 0 spiro atoms. The average molecular weight is 177 g/mol. The molecule has 0 heterocycles. The molecule has 0 rings (SSSR count). The van der Waals surface area contributed by atoms with Gasteiger partial charge in [0.15, 0.2) is 5.94 Å². The van der Waals surface area contributed by atoms with Crippen LogP contribution in [0.1, 0.15) is 0 Å². The molecule has 0 amide bonds. The number of aliphatic imine (C=N–C) groups is 1. The number of carbonyl (C=O) groups excluding carboxylic acids is 1. The lowest BCUT2D eigenvalue weighted by Crippen LogP contribution is -1.41. The first-order valence-electron chi connectivity index (χ1n) is 3.33. The van der Waals surface area contributed by atoms with Gasteiger partial charge in [0.05, 0.1) is 6.20 Å². The van der Waals surface area contributed by atoms with E-state index in [1.54, 1.807) is 0 Å². The first-order valence-corrected chi connectivity index (χ1v) is 3.33. The summed E-state index contributed by atoms with van der Waals surface area (Å²) in [5.74, 6) is 3.74. The van der Waals surface area contributed by atoms with E-state index in [1.165, 1.54) is 12.1 Å². The molecule has 0 bridgehead atoms. The molecule has 0 saturated heterocycles. The van der Waals surface area contributed by atoms with Crippen molar-refractivity contribution in [2.24, 2.45) is 4.99 Å². The Morgan fingerprint density at radius 2 is 1.50 bits per heavy atom. The largest absolute Gasteiger partial charge is 0.223 e. The molecule has 0 aromatic carbocycles. The molecule has 0 fully saturated rings. The van der Waals surface area contributed by atoms with Crippen LogP contribution >= 0.6 is 0 Å². The highest BCUT2D eigenvalue weighted by Gasteiger charge is 1.46. The summed E-state index contributed by atoms with van der Waals surface area (Å²) in [7, 11) is 0. The molecule has 0 aliphatic heterocycles. The normalized spacial score (nSPS) is 4.29. The van der Waals surface area contributed by atoms with Crippen molar-refractivity contribution in [3.63, 3.8) is 0 Å². The molecule has 0 aliphatic carbocycles. The van der Waals surface area contributed by atoms with Crippen LogP contribution in [0.25, 0.3) is 0 Å². The van der Waals surface area contributed by atoms with E-state index in [4.69, 9.17) is 0 Å². The lowest BCUT2D eigenvalue weighted by molar-refractivity contribution is 0.569. The van der Waals surface area contributed by atoms with Crippen LogP contribution in [-0.2, 0) is 4.79 Å². The highest BCUT2D eigenvalue weighted by molar-refractivity contribution is 5.50. The van der Waals surface area contributed by atoms with E-state index in [0.717, 1.165) is 0 Å². The summed E-state index contributed by atoms with van der Waals surface area (Å²) in [6.07, 6.45) is 1.33. The van der Waals surface area contributed by atoms with Gasteiger partial charge in [-0.2, -0.15) is 4.99 Å². The van der Waals surface area contributed by atoms with E-state index in [-0.39, 0.29) is 0 Å². The second kappa shape index (κ2) is 10.1. The van der Waals surface area contributed by atoms with E-state index >= 15 is 0 Å². The molecule has 0 aliphatic rings. The topological polar surface area (TPSA) is 29.4 Å². The fraction of sp³-hybridized carbons (Fsp3) is 0. The Labute approximate surface area is 80.9 Å². The van der Waals surface area contributed by atoms with Crippen LogP contribution in [0.15, 0.2) is 63.6 Å². The molecular formula is C12H3NO. The van der Waals surface area contributed by atoms with E-state index in [1.807, 2.05) is 5.73 Å². The predicted molar refractivity (Wildman–Crippen MR) is 51.4 cm³/mol. The van der Waals surface area contributed by atoms with Crippen LogP contribution in [0, 0.1) is 0 Å². The van der Waals surface area contributed by atoms with Crippen molar-refractivity contribution in [2.45, 2.75) is 0 Å². The zero-order valence-corrected chi connectivity index (χ0v) is 7.14. The Kier molecular flexibility index (Phi) is 8.07. The summed E-state index contributed by atoms with van der Waals surface area (Å²) < 4.78 is 0. The molecule has 62 valence electrons. The quantitative estimate of drug-likeness (QED) is 0.338. The van der Waals surface area contributed by atoms with Gasteiger partial charge in [-0.1, -0.05) is 6.58 Å². The zero-order valence-electron chi connectivity index (χ0n) is 7.14. The third-order valence-corrected chi connectivity index (χ3v) is 0.702. The van der Waals surface area contributed by atoms with Gasteiger partial charge in [-0.3, -0.25) is 0 Å². The Morgan fingerprint density at radius 1 is 0.929 bits per heavy atom. The number of hydrogen-bond donors (Lipinski definition) is 0. The van der Waals surface area contributed by atoms with Gasteiger partial charge in [0.1, 0.15) is 0 Å². The van der Waals surface area contributed by atoms with Crippen LogP contribution in [0.2, 0.25) is 0 Å². The van der Waals surface area contributed by atoms with Gasteiger partial charge in [0.2, 0.25) is 0 Å². The first kappa shape index (κ1) is 11.1. The third kappa shape index (κ3) is 9.14. The Hall–Kier alpha value is -2.86. The summed E-state index contributed by atoms with van der Waals surface area (Å²) in [6, 6.07) is 0. The van der Waals surface area contributed by atoms with Crippen molar-refractivity contribution in [1.82, 2.24) is 0 Å². The molecule has 0 radical (unpaired) electrons. The maximum Gasteiger partial charge on any atom is 0.186 e. The minimum Gasteiger partial charge on any atom is -0.223 e. The number of hydrogen-bond acceptors (Lipinski definition) is 2. The van der Waals surface area contributed by atoms with Crippen LogP contribution in [0.4, 0.5) is 0 Å². The minimum absolute atomic E-state index is 1.33. The smallest absolute Gasteiger partial charge is 0.186 e. The van der Waals surface area contributed by atoms with Crippen molar-refractivity contribution >= 4 is 11.8 Å². The monoisotopic (exact) mass is 177 g/mol. The predicted octanol–water partition coefficient (Wildman–Crippen LogP) is 1.43. The molecule has 2 heteroatoms. The minimum atomic E-state index is 1.33. The van der Waals surface area contributed by atoms with Crippen LogP contribution in [0.5, 0.6) is 0 Å². The molecule has 0 aromatic heterocycles. The van der Waals surface area contributed by atoms with Crippen LogP contribution in [0.3, 0.4) is 0 Å². The first-order chi connectivity index (χ1) is 6.91. The lowest BCUT2D eigenvalue weighted by Gasteiger charge is -1.53. The second-order valence-electron chi connectivity index (χ2n) is 1.55. The highest BCUT2D eigenvalue weighted by atomic mass is 16.1. The maximum absolute atomic E-state index is 9.59. The molecule has 0 atom stereocenters. The van der Waals surface area contributed by atoms with E-state index < -0.39 is 0 Å². The highest BCUT2D eigenvalue weighted by Crippen LogP contribution is 1.60. The fourth-order valence-corrected chi connectivity index (χ4v) is 0.320. The molecule has 0 aromatic rings. The molecule has 0 saturated carbocycles. The Bertz CT molecular complexity index is 577. The Morgan fingerprint density at radius 3 is 2.07 bits per heavy atom. The van der Waals surface area contributed by atoms with Gasteiger partial charge < -0.3 is 0 Å². The summed E-state index contributed by atoms with van der Waals surface area (Å²) in [5, 5.41) is 0. The van der Waals surface area contributed by atoms with Gasteiger partial charge in [0.25, 0.3) is 0 Å². The SMILES string of the molecule is C=C=CN=C=C=C=C=C=C=C=C=C=O. The van der Waals surface area contributed by atoms with Crippen LogP contribution < -0.4 is 0 Å². The molecule has 14 heavy (non-hydrogen) atoms. The lowest BCUT2D eigenvalue weighted by atomic mass is 10.7. The average Bonchev–Trinajstić information content (AvgIpc) is 2.21. The van der Waals surface area contributed by atoms with Gasteiger partial charge in [0, 0.05) is 46.0 Å². The zero-order chi connectivity index (χ0) is 10.5. The van der Waals surface area contributed by atoms with Gasteiger partial charge in [-0.25, -0.2) is 4.79 Å². The van der Waals surface area contributed by atoms with E-state index in [0.29, 0.717) is 0 Å². The van der Waals surface area contributed by atoms with Crippen LogP contribution in [-0.4, -0.2) is 11.8 Å². The van der Waals surface area contributed by atoms with Gasteiger partial charge in [-0.05, 0) is 0 Å². The maximum atomic E-state index is 9.59. The van der Waals surface area contributed by atoms with Crippen molar-refractivity contribution in [3.8, 4) is 0 Å². The summed E-state index contributed by atoms with van der Waals surface area (Å²) in [6.45, 7) is 3.29. The summed E-state index contributed by atoms with van der Waals surface area (Å²) in [5.41, 5.74) is 18.5. The van der Waals surface area contributed by atoms with Crippen molar-refractivity contribution in [3.05, 3.63) is 58.6 Å². The van der Waals surface area contributed by atoms with Crippen molar-refractivity contribution < 1.29 is 4.79 Å². The van der Waals surface area contributed by atoms with E-state index in [2.05, 4.69) is 57.6 Å². The molecular weight excluding hydrogens is 174 g/mol. The molecule has 0 N–H and O–H groups in total. The Balaban J connectivity index is 5.22. The summed E-state index contributed by atoms with van der Waals surface area (Å²) in [4.78, 5) is 13.1. The standard InChI is InChI=1S/C12H3NO/c1-2-10-13-11-8-6-4-3-5-7-9-12-14/h10H,1H2. The number of nitrogens with zero attached hydrogens (tertiary/aromatic N) is 1. The van der Waals surface area contributed by atoms with Crippen molar-refractivity contribution in [1.29, 1.82) is 0 Å². The molecule has 2 nitrogen and oxygen atoms in total.